The summed E-state index contributed by atoms with van der Waals surface area (Å²) in [6.07, 6.45) is -0.151. The second kappa shape index (κ2) is 16.8. The van der Waals surface area contributed by atoms with Crippen LogP contribution in [0.3, 0.4) is 0 Å². The number of ether oxygens (including phenoxy) is 1. The number of benzene rings is 7. The van der Waals surface area contributed by atoms with E-state index in [1.165, 1.54) is 44.6 Å². The number of rotatable bonds is 7. The zero-order chi connectivity index (χ0) is 51.2. The third-order valence-corrected chi connectivity index (χ3v) is 13.6. The van der Waals surface area contributed by atoms with Gasteiger partial charge in [-0.1, -0.05) is 168 Å². The fraction of sp³-hybridized carbons (Fsp3) is 0.266. The summed E-state index contributed by atoms with van der Waals surface area (Å²) in [6.45, 7) is 27.1. The molecule has 1 aliphatic heterocycles. The highest BCUT2D eigenvalue weighted by Gasteiger charge is 2.33. The Balaban J connectivity index is 1.09. The molecule has 0 aliphatic carbocycles. The van der Waals surface area contributed by atoms with Crippen LogP contribution in [0.25, 0.3) is 49.9 Å². The van der Waals surface area contributed by atoms with Crippen molar-refractivity contribution >= 4 is 44.6 Å². The van der Waals surface area contributed by atoms with Crippen molar-refractivity contribution < 1.29 is 8.85 Å². The number of hydrogen-bond acceptors (Lipinski definition) is 4. The Hall–Kier alpha value is -7.11. The number of aromatic nitrogens is 2. The van der Waals surface area contributed by atoms with Crippen LogP contribution in [-0.4, -0.2) is 16.2 Å². The Morgan fingerprint density at radius 2 is 1.03 bits per heavy atom. The van der Waals surface area contributed by atoms with Gasteiger partial charge in [0.15, 0.2) is 0 Å². The zero-order valence-electron chi connectivity index (χ0n) is 45.3. The molecule has 0 saturated carbocycles. The zero-order valence-corrected chi connectivity index (χ0v) is 42.3. The number of anilines is 4. The molecule has 5 heteroatoms. The molecule has 0 fully saturated rings. The first-order valence-corrected chi connectivity index (χ1v) is 24.3. The Bertz CT molecular complexity index is 3500. The maximum Gasteiger partial charge on any atom is 0.137 e. The van der Waals surface area contributed by atoms with Crippen LogP contribution < -0.4 is 14.5 Å². The van der Waals surface area contributed by atoms with Crippen molar-refractivity contribution in [3.8, 4) is 39.6 Å². The van der Waals surface area contributed by atoms with Crippen molar-refractivity contribution in [2.45, 2.75) is 105 Å². The maximum atomic E-state index is 9.41. The molecule has 10 rings (SSSR count). The Kier molecular flexibility index (Phi) is 10.3. The Morgan fingerprint density at radius 1 is 0.478 bits per heavy atom. The van der Waals surface area contributed by atoms with Gasteiger partial charge in [-0.2, -0.15) is 0 Å². The number of pyridine rings is 1. The quantitative estimate of drug-likeness (QED) is 0.160. The van der Waals surface area contributed by atoms with E-state index in [9.17, 15) is 1.37 Å². The molecule has 0 bridgehead atoms. The van der Waals surface area contributed by atoms with Gasteiger partial charge < -0.3 is 14.5 Å². The summed E-state index contributed by atoms with van der Waals surface area (Å²) in [6, 6.07) is 54.4. The van der Waals surface area contributed by atoms with Crippen LogP contribution in [0, 0.1) is 0 Å². The van der Waals surface area contributed by atoms with Gasteiger partial charge in [0.05, 0.1) is 32.2 Å². The van der Waals surface area contributed by atoms with Crippen molar-refractivity contribution in [2.75, 3.05) is 16.5 Å². The molecule has 7 aromatic carbocycles. The Morgan fingerprint density at radius 3 is 1.65 bits per heavy atom. The van der Waals surface area contributed by atoms with Crippen LogP contribution in [0.5, 0.6) is 11.5 Å². The summed E-state index contributed by atoms with van der Waals surface area (Å²) < 4.78 is 35.7. The summed E-state index contributed by atoms with van der Waals surface area (Å²) in [5.74, 6) is 1.63. The number of nitrogens with zero attached hydrogens (tertiary/aromatic N) is 4. The van der Waals surface area contributed by atoms with E-state index >= 15 is 0 Å². The molecule has 0 radical (unpaired) electrons. The lowest BCUT2D eigenvalue weighted by Gasteiger charge is -2.31. The number of hydrogen-bond donors (Lipinski definition) is 0. The van der Waals surface area contributed by atoms with E-state index in [1.807, 2.05) is 61.7 Å². The smallest absolute Gasteiger partial charge is 0.137 e. The van der Waals surface area contributed by atoms with Gasteiger partial charge in [0, 0.05) is 45.9 Å². The molecule has 69 heavy (non-hydrogen) atoms. The second-order valence-electron chi connectivity index (χ2n) is 22.9. The fourth-order valence-corrected chi connectivity index (χ4v) is 9.61. The largest absolute Gasteiger partial charge is 0.457 e. The van der Waals surface area contributed by atoms with E-state index in [2.05, 4.69) is 192 Å². The molecule has 2 aromatic heterocycles. The molecule has 5 nitrogen and oxygen atoms in total. The molecular weight excluding hydrogens is 841 g/mol. The van der Waals surface area contributed by atoms with Crippen molar-refractivity contribution in [1.29, 1.82) is 0 Å². The van der Waals surface area contributed by atoms with Crippen LogP contribution in [0.1, 0.15) is 109 Å². The van der Waals surface area contributed by atoms with Crippen molar-refractivity contribution in [2.24, 2.45) is 0 Å². The second-order valence-corrected chi connectivity index (χ2v) is 22.9. The van der Waals surface area contributed by atoms with Crippen LogP contribution in [0.15, 0.2) is 170 Å². The summed E-state index contributed by atoms with van der Waals surface area (Å²) in [4.78, 5) is 9.49. The van der Waals surface area contributed by atoms with Crippen molar-refractivity contribution in [3.05, 3.63) is 192 Å². The first kappa shape index (κ1) is 42.0. The van der Waals surface area contributed by atoms with Gasteiger partial charge in [0.25, 0.3) is 0 Å². The molecule has 0 N–H and O–H groups in total. The third-order valence-electron chi connectivity index (χ3n) is 13.6. The fourth-order valence-electron chi connectivity index (χ4n) is 9.61. The van der Waals surface area contributed by atoms with E-state index in [0.717, 1.165) is 38.9 Å². The van der Waals surface area contributed by atoms with Gasteiger partial charge in [-0.3, -0.25) is 4.57 Å². The van der Waals surface area contributed by atoms with E-state index in [0.29, 0.717) is 29.5 Å². The lowest BCUT2D eigenvalue weighted by Crippen LogP contribution is -2.25. The van der Waals surface area contributed by atoms with Gasteiger partial charge in [0.2, 0.25) is 0 Å². The highest BCUT2D eigenvalue weighted by Crippen LogP contribution is 2.52. The highest BCUT2D eigenvalue weighted by atomic mass is 16.5. The molecule has 0 saturated heterocycles. The van der Waals surface area contributed by atoms with E-state index < -0.39 is 5.41 Å². The average molecular weight is 910 g/mol. The van der Waals surface area contributed by atoms with Gasteiger partial charge in [-0.05, 0) is 122 Å². The van der Waals surface area contributed by atoms with Crippen LogP contribution >= 0.6 is 0 Å². The van der Waals surface area contributed by atoms with Gasteiger partial charge >= 0.3 is 0 Å². The molecule has 0 spiro atoms. The van der Waals surface area contributed by atoms with Gasteiger partial charge in [-0.15, -0.1) is 0 Å². The van der Waals surface area contributed by atoms with Gasteiger partial charge in [-0.25, -0.2) is 4.98 Å². The molecule has 0 atom stereocenters. The topological polar surface area (TPSA) is 33.5 Å². The summed E-state index contributed by atoms with van der Waals surface area (Å²) in [7, 11) is 0. The third kappa shape index (κ3) is 8.69. The molecular formula is C64H66N4O. The molecule has 0 unspecified atom stereocenters. The summed E-state index contributed by atoms with van der Waals surface area (Å²) >= 11 is 0. The highest BCUT2D eigenvalue weighted by molar-refractivity contribution is 6.09. The normalized spacial score (nSPS) is 14.0. The van der Waals surface area contributed by atoms with Crippen LogP contribution in [-0.2, 0) is 21.7 Å². The van der Waals surface area contributed by atoms with Crippen LogP contribution in [0.4, 0.5) is 22.7 Å². The minimum absolute atomic E-state index is 0.0132. The molecule has 0 amide bonds. The standard InChI is InChI=1S/C64H66N4O/c1-61(2,3)44-22-17-20-42(34-44)53-36-47(64(10,11)12)37-54(43-21-18-23-45(35-43)62(4,5)6)60(53)67-41-66(56-28-15-16-29-57(56)67)48-24-19-25-49(39-48)69-50-30-31-52-51-26-13-14-27-55(51)68(58(52)40-50)59-38-46(32-33-65-59)63(7,8)9/h13-40H,41H2,1-12H3/i32D,33D,38D. The first-order valence-electron chi connectivity index (χ1n) is 25.8. The van der Waals surface area contributed by atoms with E-state index in [-0.39, 0.29) is 34.5 Å². The minimum Gasteiger partial charge on any atom is -0.457 e. The summed E-state index contributed by atoms with van der Waals surface area (Å²) in [5, 5.41) is 1.98. The summed E-state index contributed by atoms with van der Waals surface area (Å²) in [5.41, 5.74) is 14.5. The minimum atomic E-state index is -0.538. The maximum absolute atomic E-state index is 9.41. The lowest BCUT2D eigenvalue weighted by atomic mass is 9.80. The molecule has 348 valence electrons. The average Bonchev–Trinajstić information content (AvgIpc) is 3.87. The van der Waals surface area contributed by atoms with Crippen molar-refractivity contribution in [3.63, 3.8) is 0 Å². The van der Waals surface area contributed by atoms with E-state index in [1.54, 1.807) is 0 Å². The van der Waals surface area contributed by atoms with Crippen molar-refractivity contribution in [1.82, 2.24) is 9.55 Å². The Labute approximate surface area is 414 Å². The first-order chi connectivity index (χ1) is 34.0. The predicted octanol–water partition coefficient (Wildman–Crippen LogP) is 17.7. The number of fused-ring (bicyclic) bond motifs is 4. The number of para-hydroxylation sites is 3. The monoisotopic (exact) mass is 910 g/mol. The molecule has 3 heterocycles. The molecule has 1 aliphatic rings. The SMILES string of the molecule is [2H]c1nc(-n2c3ccccc3c3ccc(Oc4cccc(N5CN(c6c(-c7cccc(C(C)(C)C)c7)cc(C(C)(C)C)cc6-c6cccc(C(C)(C)C)c6)c6ccccc65)c4)cc32)c([2H])c(C(C)(C)C)c1[2H]. The van der Waals surface area contributed by atoms with E-state index in [4.69, 9.17) is 7.48 Å². The predicted molar refractivity (Wildman–Crippen MR) is 293 cm³/mol. The molecule has 9 aromatic rings. The van der Waals surface area contributed by atoms with Gasteiger partial charge in [0.1, 0.15) is 24.0 Å². The lowest BCUT2D eigenvalue weighted by molar-refractivity contribution is 0.483. The van der Waals surface area contributed by atoms with Crippen LogP contribution in [0.2, 0.25) is 0 Å².